The van der Waals surface area contributed by atoms with Crippen LogP contribution in [0.4, 0.5) is 0 Å². The van der Waals surface area contributed by atoms with Gasteiger partial charge in [0.05, 0.1) is 13.2 Å². The topological polar surface area (TPSA) is 54.0 Å². The van der Waals surface area contributed by atoms with E-state index in [0.29, 0.717) is 64.0 Å². The second kappa shape index (κ2) is 15.8. The minimum atomic E-state index is 0.0820. The highest BCUT2D eigenvalue weighted by Crippen LogP contribution is 2.29. The molecule has 0 atom stereocenters. The SMILES string of the molecule is CCOCCOc1ccc(CCC(=O)/C=C/C=C/c2ccccc2)cc1OCCOCC. The van der Waals surface area contributed by atoms with Gasteiger partial charge in [-0.3, -0.25) is 4.79 Å². The lowest BCUT2D eigenvalue weighted by Gasteiger charge is -2.14. The monoisotopic (exact) mass is 438 g/mol. The molecule has 172 valence electrons. The maximum Gasteiger partial charge on any atom is 0.161 e. The number of carbonyl (C=O) groups is 1. The third kappa shape index (κ3) is 10.4. The number of ether oxygens (including phenoxy) is 4. The molecule has 0 N–H and O–H groups in total. The molecule has 0 bridgehead atoms. The Labute approximate surface area is 191 Å². The molecule has 0 saturated carbocycles. The van der Waals surface area contributed by atoms with E-state index in [9.17, 15) is 4.79 Å². The number of hydrogen-bond donors (Lipinski definition) is 0. The number of benzene rings is 2. The molecule has 2 rings (SSSR count). The molecule has 5 heteroatoms. The largest absolute Gasteiger partial charge is 0.487 e. The lowest BCUT2D eigenvalue weighted by atomic mass is 10.1. The number of ketones is 1. The van der Waals surface area contributed by atoms with Crippen LogP contribution in [0.15, 0.2) is 66.8 Å². The van der Waals surface area contributed by atoms with Gasteiger partial charge >= 0.3 is 0 Å². The van der Waals surface area contributed by atoms with Gasteiger partial charge in [-0.2, -0.15) is 0 Å². The highest BCUT2D eigenvalue weighted by atomic mass is 16.6. The number of aryl methyl sites for hydroxylation is 1. The van der Waals surface area contributed by atoms with Crippen molar-refractivity contribution in [2.45, 2.75) is 26.7 Å². The molecule has 0 saturated heterocycles. The quantitative estimate of drug-likeness (QED) is 0.203. The lowest BCUT2D eigenvalue weighted by molar-refractivity contribution is -0.114. The molecule has 32 heavy (non-hydrogen) atoms. The molecule has 0 spiro atoms. The van der Waals surface area contributed by atoms with Crippen molar-refractivity contribution in [3.63, 3.8) is 0 Å². The normalized spacial score (nSPS) is 11.3. The predicted octanol–water partition coefficient (Wildman–Crippen LogP) is 5.29. The molecule has 2 aromatic rings. The molecule has 0 unspecified atom stereocenters. The summed E-state index contributed by atoms with van der Waals surface area (Å²) in [5.41, 5.74) is 2.13. The molecular weight excluding hydrogens is 404 g/mol. The van der Waals surface area contributed by atoms with Crippen LogP contribution in [0.2, 0.25) is 0 Å². The Morgan fingerprint density at radius 2 is 1.50 bits per heavy atom. The summed E-state index contributed by atoms with van der Waals surface area (Å²) in [6.07, 6.45) is 8.31. The van der Waals surface area contributed by atoms with Gasteiger partial charge in [-0.05, 0) is 49.6 Å². The smallest absolute Gasteiger partial charge is 0.161 e. The van der Waals surface area contributed by atoms with Crippen LogP contribution in [0.3, 0.4) is 0 Å². The van der Waals surface area contributed by atoms with E-state index in [1.165, 1.54) is 0 Å². The Morgan fingerprint density at radius 3 is 2.19 bits per heavy atom. The van der Waals surface area contributed by atoms with Crippen molar-refractivity contribution in [1.82, 2.24) is 0 Å². The molecule has 0 heterocycles. The van der Waals surface area contributed by atoms with Crippen molar-refractivity contribution >= 4 is 11.9 Å². The fourth-order valence-corrected chi connectivity index (χ4v) is 2.89. The summed E-state index contributed by atoms with van der Waals surface area (Å²) in [7, 11) is 0. The molecular formula is C27H34O5. The molecule has 0 aromatic heterocycles. The zero-order valence-electron chi connectivity index (χ0n) is 19.1. The second-order valence-corrected chi connectivity index (χ2v) is 6.97. The molecule has 0 fully saturated rings. The summed E-state index contributed by atoms with van der Waals surface area (Å²) in [5, 5.41) is 0. The molecule has 2 aromatic carbocycles. The van der Waals surface area contributed by atoms with E-state index >= 15 is 0 Å². The van der Waals surface area contributed by atoms with Crippen LogP contribution in [0.25, 0.3) is 6.08 Å². The van der Waals surface area contributed by atoms with Crippen molar-refractivity contribution in [1.29, 1.82) is 0 Å². The van der Waals surface area contributed by atoms with Gasteiger partial charge < -0.3 is 18.9 Å². The Bertz CT molecular complexity index is 842. The molecule has 5 nitrogen and oxygen atoms in total. The standard InChI is InChI=1S/C27H34O5/c1-3-29-18-20-31-26-17-15-24(22-27(26)32-21-19-30-4-2)14-16-25(28)13-9-8-12-23-10-6-5-7-11-23/h5-13,15,17,22H,3-4,14,16,18-21H2,1-2H3/b12-8+,13-9+. The van der Waals surface area contributed by atoms with E-state index < -0.39 is 0 Å². The predicted molar refractivity (Wildman–Crippen MR) is 128 cm³/mol. The second-order valence-electron chi connectivity index (χ2n) is 6.97. The highest BCUT2D eigenvalue weighted by Gasteiger charge is 2.08. The first-order valence-electron chi connectivity index (χ1n) is 11.2. The van der Waals surface area contributed by atoms with Crippen LogP contribution >= 0.6 is 0 Å². The van der Waals surface area contributed by atoms with Crippen molar-refractivity contribution < 1.29 is 23.7 Å². The van der Waals surface area contributed by atoms with Gasteiger partial charge in [0.2, 0.25) is 0 Å². The van der Waals surface area contributed by atoms with Crippen LogP contribution in [0.5, 0.6) is 11.5 Å². The number of allylic oxidation sites excluding steroid dienone is 3. The lowest BCUT2D eigenvalue weighted by Crippen LogP contribution is -2.10. The van der Waals surface area contributed by atoms with Gasteiger partial charge in [0, 0.05) is 19.6 Å². The molecule has 0 radical (unpaired) electrons. The van der Waals surface area contributed by atoms with Crippen LogP contribution in [-0.4, -0.2) is 45.4 Å². The van der Waals surface area contributed by atoms with Crippen molar-refractivity contribution in [3.05, 3.63) is 77.9 Å². The fourth-order valence-electron chi connectivity index (χ4n) is 2.89. The van der Waals surface area contributed by atoms with E-state index in [-0.39, 0.29) is 5.78 Å². The first kappa shape index (κ1) is 25.4. The summed E-state index contributed by atoms with van der Waals surface area (Å²) in [4.78, 5) is 12.2. The minimum Gasteiger partial charge on any atom is -0.487 e. The summed E-state index contributed by atoms with van der Waals surface area (Å²) in [6.45, 7) is 7.14. The van der Waals surface area contributed by atoms with Crippen LogP contribution in [0, 0.1) is 0 Å². The maximum absolute atomic E-state index is 12.2. The Balaban J connectivity index is 1.89. The minimum absolute atomic E-state index is 0.0820. The van der Waals surface area contributed by atoms with Gasteiger partial charge in [-0.25, -0.2) is 0 Å². The van der Waals surface area contributed by atoms with Crippen molar-refractivity contribution in [3.8, 4) is 11.5 Å². The Hall–Kier alpha value is -2.89. The Morgan fingerprint density at radius 1 is 0.812 bits per heavy atom. The van der Waals surface area contributed by atoms with Gasteiger partial charge in [-0.15, -0.1) is 0 Å². The number of hydrogen-bond acceptors (Lipinski definition) is 5. The number of rotatable bonds is 16. The van der Waals surface area contributed by atoms with E-state index in [0.717, 1.165) is 11.1 Å². The van der Waals surface area contributed by atoms with Crippen LogP contribution in [-0.2, 0) is 20.7 Å². The molecule has 0 aliphatic carbocycles. The molecule has 0 aliphatic heterocycles. The van der Waals surface area contributed by atoms with Gasteiger partial charge in [-0.1, -0.05) is 54.6 Å². The highest BCUT2D eigenvalue weighted by molar-refractivity contribution is 5.90. The average Bonchev–Trinajstić information content (AvgIpc) is 2.82. The summed E-state index contributed by atoms with van der Waals surface area (Å²) in [6, 6.07) is 15.8. The zero-order valence-corrected chi connectivity index (χ0v) is 19.1. The summed E-state index contributed by atoms with van der Waals surface area (Å²) in [5.74, 6) is 1.41. The third-order valence-corrected chi connectivity index (χ3v) is 4.53. The Kier molecular flexibility index (Phi) is 12.6. The first-order valence-corrected chi connectivity index (χ1v) is 11.2. The van der Waals surface area contributed by atoms with Gasteiger partial charge in [0.1, 0.15) is 13.2 Å². The van der Waals surface area contributed by atoms with Crippen LogP contribution < -0.4 is 9.47 Å². The van der Waals surface area contributed by atoms with E-state index in [1.807, 2.05) is 74.5 Å². The van der Waals surface area contributed by atoms with E-state index in [1.54, 1.807) is 12.2 Å². The van der Waals surface area contributed by atoms with Crippen LogP contribution in [0.1, 0.15) is 31.4 Å². The zero-order chi connectivity index (χ0) is 22.9. The van der Waals surface area contributed by atoms with Gasteiger partial charge in [0.15, 0.2) is 17.3 Å². The maximum atomic E-state index is 12.2. The van der Waals surface area contributed by atoms with Gasteiger partial charge in [0.25, 0.3) is 0 Å². The third-order valence-electron chi connectivity index (χ3n) is 4.53. The van der Waals surface area contributed by atoms with E-state index in [2.05, 4.69) is 0 Å². The summed E-state index contributed by atoms with van der Waals surface area (Å²) < 4.78 is 22.3. The molecule has 0 aliphatic rings. The fraction of sp³-hybridized carbons (Fsp3) is 0.370. The van der Waals surface area contributed by atoms with E-state index in [4.69, 9.17) is 18.9 Å². The summed E-state index contributed by atoms with van der Waals surface area (Å²) >= 11 is 0. The van der Waals surface area contributed by atoms with Crippen molar-refractivity contribution in [2.24, 2.45) is 0 Å². The number of carbonyl (C=O) groups excluding carboxylic acids is 1. The average molecular weight is 439 g/mol. The first-order chi connectivity index (χ1) is 15.7. The van der Waals surface area contributed by atoms with Crippen molar-refractivity contribution in [2.75, 3.05) is 39.6 Å². The molecule has 0 amide bonds.